The van der Waals surface area contributed by atoms with Crippen molar-refractivity contribution in [3.63, 3.8) is 0 Å². The van der Waals surface area contributed by atoms with Crippen molar-refractivity contribution in [3.8, 4) is 0 Å². The number of carbonyl (C=O) groups is 3. The third-order valence-corrected chi connectivity index (χ3v) is 5.93. The number of benzene rings is 1. The molecule has 0 amide bonds. The van der Waals surface area contributed by atoms with Crippen LogP contribution >= 0.6 is 35.4 Å². The first-order chi connectivity index (χ1) is 14.1. The highest BCUT2D eigenvalue weighted by Crippen LogP contribution is 2.42. The first kappa shape index (κ1) is 22.6. The number of imidazole rings is 1. The molecule has 30 heavy (non-hydrogen) atoms. The number of aromatic amines is 1. The lowest BCUT2D eigenvalue weighted by atomic mass is 10.1. The van der Waals surface area contributed by atoms with Gasteiger partial charge in [0.25, 0.3) is 0 Å². The molecule has 1 aliphatic rings. The molecular formula is C19H20Cl2N2O6S. The fraction of sp³-hybridized carbons (Fsp3) is 0.474. The van der Waals surface area contributed by atoms with Gasteiger partial charge in [-0.25, -0.2) is 0 Å². The zero-order valence-corrected chi connectivity index (χ0v) is 18.8. The molecule has 1 unspecified atom stereocenters. The molecule has 0 aliphatic heterocycles. The second kappa shape index (κ2) is 8.95. The van der Waals surface area contributed by atoms with Crippen molar-refractivity contribution < 1.29 is 28.6 Å². The third-order valence-electron chi connectivity index (χ3n) is 4.91. The van der Waals surface area contributed by atoms with Gasteiger partial charge >= 0.3 is 17.9 Å². The van der Waals surface area contributed by atoms with Gasteiger partial charge in [0.15, 0.2) is 10.9 Å². The third kappa shape index (κ3) is 4.63. The lowest BCUT2D eigenvalue weighted by molar-refractivity contribution is -0.168. The Hall–Kier alpha value is -2.10. The Morgan fingerprint density at radius 2 is 1.67 bits per heavy atom. The summed E-state index contributed by atoms with van der Waals surface area (Å²) in [4.78, 5) is 38.0. The summed E-state index contributed by atoms with van der Waals surface area (Å²) < 4.78 is 18.3. The number of nitrogens with zero attached hydrogens (tertiary/aromatic N) is 1. The zero-order valence-electron chi connectivity index (χ0n) is 16.4. The maximum atomic E-state index is 11.8. The molecule has 1 fully saturated rings. The summed E-state index contributed by atoms with van der Waals surface area (Å²) in [6.07, 6.45) is -1.28. The number of hydrogen-bond donors (Lipinski definition) is 1. The van der Waals surface area contributed by atoms with Crippen LogP contribution in [0, 0.1) is 10.7 Å². The Morgan fingerprint density at radius 3 is 2.27 bits per heavy atom. The van der Waals surface area contributed by atoms with Crippen molar-refractivity contribution in [2.24, 2.45) is 5.92 Å². The summed E-state index contributed by atoms with van der Waals surface area (Å²) in [5, 5.41) is 0.697. The van der Waals surface area contributed by atoms with E-state index in [0.29, 0.717) is 32.3 Å². The molecule has 1 aromatic heterocycles. The summed E-state index contributed by atoms with van der Waals surface area (Å²) in [7, 11) is 0. The molecule has 0 spiro atoms. The van der Waals surface area contributed by atoms with E-state index >= 15 is 0 Å². The summed E-state index contributed by atoms with van der Waals surface area (Å²) in [5.41, 5.74) is 1.31. The minimum Gasteiger partial charge on any atom is -0.465 e. The van der Waals surface area contributed by atoms with Crippen LogP contribution in [-0.4, -0.2) is 46.3 Å². The fourth-order valence-corrected chi connectivity index (χ4v) is 4.51. The Labute approximate surface area is 187 Å². The molecule has 1 aliphatic carbocycles. The van der Waals surface area contributed by atoms with E-state index in [2.05, 4.69) is 4.98 Å². The average molecular weight is 475 g/mol. The number of halogens is 2. The topological polar surface area (TPSA) is 99.6 Å². The van der Waals surface area contributed by atoms with Crippen molar-refractivity contribution in [1.82, 2.24) is 9.55 Å². The molecule has 1 saturated carbocycles. The number of carbonyl (C=O) groups excluding carboxylic acids is 3. The molecular weight excluding hydrogens is 455 g/mol. The fourth-order valence-electron chi connectivity index (χ4n) is 3.85. The second-order valence-corrected chi connectivity index (χ2v) is 8.30. The quantitative estimate of drug-likeness (QED) is 0.397. The van der Waals surface area contributed by atoms with Crippen LogP contribution in [0.15, 0.2) is 12.1 Å². The van der Waals surface area contributed by atoms with E-state index < -0.39 is 42.1 Å². The van der Waals surface area contributed by atoms with Gasteiger partial charge in [-0.1, -0.05) is 23.2 Å². The molecule has 1 N–H and O–H groups in total. The number of esters is 3. The van der Waals surface area contributed by atoms with Gasteiger partial charge < -0.3 is 23.8 Å². The molecule has 1 aromatic carbocycles. The van der Waals surface area contributed by atoms with Crippen LogP contribution in [0.25, 0.3) is 11.0 Å². The van der Waals surface area contributed by atoms with Gasteiger partial charge in [0, 0.05) is 26.7 Å². The van der Waals surface area contributed by atoms with Crippen LogP contribution in [0.1, 0.15) is 33.2 Å². The second-order valence-electron chi connectivity index (χ2n) is 7.10. The standard InChI is InChI=1S/C19H20Cl2N2O6S/c1-8(24)27-7-11-4-16(18(29-10(3)26)17(11)28-9(2)25)23-15-6-13(21)12(20)5-14(15)22-19(23)30/h5-6,11,16-18H,4,7H2,1-3H3,(H,22,30)/t11-,16-,17?,18+/m0/s1. The molecule has 1 heterocycles. The largest absolute Gasteiger partial charge is 0.465 e. The molecule has 0 radical (unpaired) electrons. The van der Waals surface area contributed by atoms with E-state index in [1.807, 2.05) is 0 Å². The number of ether oxygens (including phenoxy) is 3. The number of aromatic nitrogens is 2. The normalized spacial score (nSPS) is 23.4. The summed E-state index contributed by atoms with van der Waals surface area (Å²) in [6.45, 7) is 3.83. The van der Waals surface area contributed by atoms with Gasteiger partial charge in [-0.2, -0.15) is 0 Å². The maximum Gasteiger partial charge on any atom is 0.303 e. The lowest BCUT2D eigenvalue weighted by Crippen LogP contribution is -2.38. The number of nitrogens with one attached hydrogen (secondary N) is 1. The maximum absolute atomic E-state index is 11.8. The van der Waals surface area contributed by atoms with E-state index in [9.17, 15) is 14.4 Å². The van der Waals surface area contributed by atoms with E-state index in [0.717, 1.165) is 0 Å². The van der Waals surface area contributed by atoms with Crippen molar-refractivity contribution in [1.29, 1.82) is 0 Å². The van der Waals surface area contributed by atoms with E-state index in [1.165, 1.54) is 20.8 Å². The van der Waals surface area contributed by atoms with Crippen molar-refractivity contribution in [2.45, 2.75) is 45.4 Å². The molecule has 162 valence electrons. The van der Waals surface area contributed by atoms with Crippen LogP contribution < -0.4 is 0 Å². The molecule has 8 nitrogen and oxygen atoms in total. The van der Waals surface area contributed by atoms with E-state index in [4.69, 9.17) is 49.6 Å². The molecule has 0 bridgehead atoms. The van der Waals surface area contributed by atoms with Gasteiger partial charge in [-0.15, -0.1) is 0 Å². The average Bonchev–Trinajstić information content (AvgIpc) is 3.10. The smallest absolute Gasteiger partial charge is 0.303 e. The number of fused-ring (bicyclic) bond motifs is 1. The highest BCUT2D eigenvalue weighted by Gasteiger charge is 2.49. The highest BCUT2D eigenvalue weighted by molar-refractivity contribution is 7.71. The molecule has 3 rings (SSSR count). The van der Waals surface area contributed by atoms with Crippen LogP contribution in [0.4, 0.5) is 0 Å². The van der Waals surface area contributed by atoms with Crippen LogP contribution in [0.5, 0.6) is 0 Å². The van der Waals surface area contributed by atoms with E-state index in [-0.39, 0.29) is 6.61 Å². The van der Waals surface area contributed by atoms with Crippen molar-refractivity contribution >= 4 is 64.4 Å². The first-order valence-corrected chi connectivity index (χ1v) is 10.3. The monoisotopic (exact) mass is 474 g/mol. The Bertz CT molecular complexity index is 1070. The van der Waals surface area contributed by atoms with Crippen LogP contribution in [0.2, 0.25) is 10.0 Å². The van der Waals surface area contributed by atoms with Gasteiger partial charge in [-0.05, 0) is 30.8 Å². The van der Waals surface area contributed by atoms with Crippen molar-refractivity contribution in [2.75, 3.05) is 6.61 Å². The first-order valence-electron chi connectivity index (χ1n) is 9.15. The summed E-state index contributed by atoms with van der Waals surface area (Å²) >= 11 is 17.8. The Morgan fingerprint density at radius 1 is 1.07 bits per heavy atom. The molecule has 0 saturated heterocycles. The lowest BCUT2D eigenvalue weighted by Gasteiger charge is -2.26. The van der Waals surface area contributed by atoms with Gasteiger partial charge in [0.2, 0.25) is 0 Å². The summed E-state index contributed by atoms with van der Waals surface area (Å²) in [6, 6.07) is 2.83. The summed E-state index contributed by atoms with van der Waals surface area (Å²) in [5.74, 6) is -1.94. The van der Waals surface area contributed by atoms with Gasteiger partial charge in [-0.3, -0.25) is 14.4 Å². The van der Waals surface area contributed by atoms with Crippen LogP contribution in [0.3, 0.4) is 0 Å². The predicted molar refractivity (Wildman–Crippen MR) is 112 cm³/mol. The minimum absolute atomic E-state index is 0.00378. The van der Waals surface area contributed by atoms with Crippen LogP contribution in [-0.2, 0) is 28.6 Å². The predicted octanol–water partition coefficient (Wildman–Crippen LogP) is 3.99. The van der Waals surface area contributed by atoms with Gasteiger partial charge in [0.1, 0.15) is 6.10 Å². The Balaban J connectivity index is 2.10. The van der Waals surface area contributed by atoms with Gasteiger partial charge in [0.05, 0.1) is 33.7 Å². The number of rotatable bonds is 5. The SMILES string of the molecule is CC(=O)OC[C@@H]1C[C@H](n2c(=S)[nH]c3cc(Cl)c(Cl)cc32)[C@@H](OC(C)=O)C1OC(C)=O. The zero-order chi connectivity index (χ0) is 22.2. The molecule has 11 heteroatoms. The minimum atomic E-state index is -0.841. The molecule has 2 aromatic rings. The highest BCUT2D eigenvalue weighted by atomic mass is 35.5. The van der Waals surface area contributed by atoms with Crippen molar-refractivity contribution in [3.05, 3.63) is 26.9 Å². The number of H-pyrrole nitrogens is 1. The van der Waals surface area contributed by atoms with E-state index in [1.54, 1.807) is 16.7 Å². The Kier molecular flexibility index (Phi) is 6.74. The molecule has 4 atom stereocenters. The number of hydrogen-bond acceptors (Lipinski definition) is 7.